The smallest absolute Gasteiger partial charge is 0.0349 e. The van der Waals surface area contributed by atoms with Crippen LogP contribution in [0, 0.1) is 5.92 Å². The van der Waals surface area contributed by atoms with Crippen molar-refractivity contribution in [2.75, 3.05) is 18.6 Å². The van der Waals surface area contributed by atoms with Crippen LogP contribution in [-0.4, -0.2) is 23.5 Å². The van der Waals surface area contributed by atoms with E-state index in [1.807, 2.05) is 12.4 Å². The summed E-state index contributed by atoms with van der Waals surface area (Å²) in [4.78, 5) is 4.31. The number of benzene rings is 1. The Hall–Kier alpha value is -1.06. The van der Waals surface area contributed by atoms with Crippen LogP contribution in [-0.2, 0) is 0 Å². The van der Waals surface area contributed by atoms with E-state index in [1.165, 1.54) is 47.1 Å². The molecule has 3 rings (SSSR count). The number of hydrogen-bond donors (Lipinski definition) is 1. The molecule has 2 nitrogen and oxygen atoms in total. The molecular weight excluding hydrogens is 264 g/mol. The Balaban J connectivity index is 1.86. The summed E-state index contributed by atoms with van der Waals surface area (Å²) >= 11 is 2.10. The van der Waals surface area contributed by atoms with E-state index in [2.05, 4.69) is 53.4 Å². The summed E-state index contributed by atoms with van der Waals surface area (Å²) in [6.45, 7) is 0. The molecule has 1 aliphatic heterocycles. The zero-order chi connectivity index (χ0) is 13.8. The number of pyridine rings is 1. The molecule has 0 radical (unpaired) electrons. The molecule has 1 saturated heterocycles. The third-order valence-corrected chi connectivity index (χ3v) is 5.40. The Morgan fingerprint density at radius 2 is 2.15 bits per heavy atom. The molecular formula is C17H22N2S. The SMILES string of the molecule is CNC(CC1CCSCC1)c1cccc2ccncc12. The average molecular weight is 286 g/mol. The fourth-order valence-corrected chi connectivity index (χ4v) is 4.36. The zero-order valence-electron chi connectivity index (χ0n) is 12.0. The van der Waals surface area contributed by atoms with Gasteiger partial charge in [-0.2, -0.15) is 11.8 Å². The monoisotopic (exact) mass is 286 g/mol. The third kappa shape index (κ3) is 2.99. The minimum atomic E-state index is 0.441. The second kappa shape index (κ2) is 6.59. The van der Waals surface area contributed by atoms with Gasteiger partial charge in [0.2, 0.25) is 0 Å². The van der Waals surface area contributed by atoms with E-state index >= 15 is 0 Å². The number of nitrogens with one attached hydrogen (secondary N) is 1. The van der Waals surface area contributed by atoms with Gasteiger partial charge in [0.05, 0.1) is 0 Å². The lowest BCUT2D eigenvalue weighted by Gasteiger charge is -2.27. The van der Waals surface area contributed by atoms with Crippen LogP contribution < -0.4 is 5.32 Å². The number of rotatable bonds is 4. The second-order valence-electron chi connectivity index (χ2n) is 5.58. The van der Waals surface area contributed by atoms with Gasteiger partial charge in [0, 0.05) is 23.8 Å². The molecule has 3 heteroatoms. The first-order valence-electron chi connectivity index (χ1n) is 7.46. The number of aromatic nitrogens is 1. The van der Waals surface area contributed by atoms with Gasteiger partial charge in [-0.05, 0) is 60.7 Å². The highest BCUT2D eigenvalue weighted by atomic mass is 32.2. The molecule has 0 aliphatic carbocycles. The van der Waals surface area contributed by atoms with Gasteiger partial charge in [-0.1, -0.05) is 18.2 Å². The van der Waals surface area contributed by atoms with Crippen molar-refractivity contribution in [2.24, 2.45) is 5.92 Å². The highest BCUT2D eigenvalue weighted by Gasteiger charge is 2.20. The van der Waals surface area contributed by atoms with Gasteiger partial charge in [-0.15, -0.1) is 0 Å². The molecule has 1 aromatic heterocycles. The summed E-state index contributed by atoms with van der Waals surface area (Å²) < 4.78 is 0. The molecule has 2 heterocycles. The topological polar surface area (TPSA) is 24.9 Å². The van der Waals surface area contributed by atoms with Gasteiger partial charge < -0.3 is 5.32 Å². The van der Waals surface area contributed by atoms with Crippen molar-refractivity contribution in [2.45, 2.75) is 25.3 Å². The lowest BCUT2D eigenvalue weighted by molar-refractivity contribution is 0.385. The van der Waals surface area contributed by atoms with Crippen molar-refractivity contribution in [3.63, 3.8) is 0 Å². The van der Waals surface area contributed by atoms with Gasteiger partial charge in [-0.25, -0.2) is 0 Å². The fourth-order valence-electron chi connectivity index (χ4n) is 3.16. The molecule has 0 bridgehead atoms. The normalized spacial score (nSPS) is 18.2. The van der Waals surface area contributed by atoms with Crippen LogP contribution in [0.5, 0.6) is 0 Å². The summed E-state index contributed by atoms with van der Waals surface area (Å²) in [5.74, 6) is 3.52. The van der Waals surface area contributed by atoms with Crippen LogP contribution >= 0.6 is 11.8 Å². The predicted molar refractivity (Wildman–Crippen MR) is 88.2 cm³/mol. The van der Waals surface area contributed by atoms with Crippen LogP contribution in [0.4, 0.5) is 0 Å². The first-order chi connectivity index (χ1) is 9.88. The van der Waals surface area contributed by atoms with Gasteiger partial charge in [-0.3, -0.25) is 4.98 Å². The quantitative estimate of drug-likeness (QED) is 0.918. The van der Waals surface area contributed by atoms with E-state index in [9.17, 15) is 0 Å². The van der Waals surface area contributed by atoms with Crippen LogP contribution in [0.1, 0.15) is 30.9 Å². The molecule has 1 N–H and O–H groups in total. The molecule has 1 fully saturated rings. The minimum absolute atomic E-state index is 0.441. The van der Waals surface area contributed by atoms with Crippen molar-refractivity contribution in [1.82, 2.24) is 10.3 Å². The van der Waals surface area contributed by atoms with Crippen molar-refractivity contribution in [1.29, 1.82) is 0 Å². The maximum Gasteiger partial charge on any atom is 0.0349 e. The summed E-state index contributed by atoms with van der Waals surface area (Å²) in [5.41, 5.74) is 1.40. The Labute approximate surface area is 125 Å². The van der Waals surface area contributed by atoms with E-state index in [0.29, 0.717) is 6.04 Å². The molecule has 1 aromatic carbocycles. The summed E-state index contributed by atoms with van der Waals surface area (Å²) in [6.07, 6.45) is 7.85. The van der Waals surface area contributed by atoms with Gasteiger partial charge >= 0.3 is 0 Å². The largest absolute Gasteiger partial charge is 0.313 e. The highest BCUT2D eigenvalue weighted by molar-refractivity contribution is 7.99. The minimum Gasteiger partial charge on any atom is -0.313 e. The van der Waals surface area contributed by atoms with E-state index < -0.39 is 0 Å². The Bertz CT molecular complexity index is 558. The van der Waals surface area contributed by atoms with Crippen LogP contribution in [0.2, 0.25) is 0 Å². The molecule has 0 spiro atoms. The number of thioether (sulfide) groups is 1. The molecule has 0 amide bonds. The van der Waals surface area contributed by atoms with E-state index in [0.717, 1.165) is 5.92 Å². The Morgan fingerprint density at radius 1 is 1.30 bits per heavy atom. The Kier molecular flexibility index (Phi) is 4.58. The van der Waals surface area contributed by atoms with Crippen molar-refractivity contribution in [3.8, 4) is 0 Å². The zero-order valence-corrected chi connectivity index (χ0v) is 12.8. The molecule has 1 aliphatic rings. The maximum absolute atomic E-state index is 4.31. The molecule has 1 atom stereocenters. The second-order valence-corrected chi connectivity index (χ2v) is 6.80. The number of nitrogens with zero attached hydrogens (tertiary/aromatic N) is 1. The number of fused-ring (bicyclic) bond motifs is 1. The highest BCUT2D eigenvalue weighted by Crippen LogP contribution is 2.33. The lowest BCUT2D eigenvalue weighted by Crippen LogP contribution is -2.22. The molecule has 2 aromatic rings. The average Bonchev–Trinajstić information content (AvgIpc) is 2.53. The van der Waals surface area contributed by atoms with E-state index in [4.69, 9.17) is 0 Å². The van der Waals surface area contributed by atoms with Gasteiger partial charge in [0.1, 0.15) is 0 Å². The summed E-state index contributed by atoms with van der Waals surface area (Å²) in [6, 6.07) is 9.13. The predicted octanol–water partition coefficient (Wildman–Crippen LogP) is 4.03. The van der Waals surface area contributed by atoms with Gasteiger partial charge in [0.25, 0.3) is 0 Å². The first kappa shape index (κ1) is 13.9. The number of hydrogen-bond acceptors (Lipinski definition) is 3. The molecule has 106 valence electrons. The molecule has 0 saturated carbocycles. The van der Waals surface area contributed by atoms with Crippen molar-refractivity contribution >= 4 is 22.5 Å². The van der Waals surface area contributed by atoms with E-state index in [1.54, 1.807) is 0 Å². The van der Waals surface area contributed by atoms with Crippen molar-refractivity contribution in [3.05, 3.63) is 42.2 Å². The third-order valence-electron chi connectivity index (χ3n) is 4.35. The molecule has 20 heavy (non-hydrogen) atoms. The van der Waals surface area contributed by atoms with Crippen molar-refractivity contribution < 1.29 is 0 Å². The van der Waals surface area contributed by atoms with Crippen LogP contribution in [0.25, 0.3) is 10.8 Å². The summed E-state index contributed by atoms with van der Waals surface area (Å²) in [7, 11) is 2.08. The first-order valence-corrected chi connectivity index (χ1v) is 8.61. The Morgan fingerprint density at radius 3 is 2.95 bits per heavy atom. The van der Waals surface area contributed by atoms with Gasteiger partial charge in [0.15, 0.2) is 0 Å². The van der Waals surface area contributed by atoms with E-state index in [-0.39, 0.29) is 0 Å². The van der Waals surface area contributed by atoms with Crippen LogP contribution in [0.3, 0.4) is 0 Å². The maximum atomic E-state index is 4.31. The fraction of sp³-hybridized carbons (Fsp3) is 0.471. The lowest BCUT2D eigenvalue weighted by atomic mass is 9.89. The summed E-state index contributed by atoms with van der Waals surface area (Å²) in [5, 5.41) is 6.10. The van der Waals surface area contributed by atoms with Crippen LogP contribution in [0.15, 0.2) is 36.7 Å². The standard InChI is InChI=1S/C17H22N2S/c1-18-17(11-13-6-9-20-10-7-13)15-4-2-3-14-5-8-19-12-16(14)15/h2-5,8,12-13,17-18H,6-7,9-11H2,1H3. The molecule has 1 unspecified atom stereocenters.